The van der Waals surface area contributed by atoms with Gasteiger partial charge in [0.2, 0.25) is 5.28 Å². The maximum Gasteiger partial charge on any atom is 0.224 e. The Labute approximate surface area is 102 Å². The van der Waals surface area contributed by atoms with Gasteiger partial charge in [-0.15, -0.1) is 0 Å². The van der Waals surface area contributed by atoms with Crippen LogP contribution in [0.2, 0.25) is 5.28 Å². The van der Waals surface area contributed by atoms with Crippen molar-refractivity contribution in [2.75, 3.05) is 18.6 Å². The Morgan fingerprint density at radius 2 is 2.20 bits per heavy atom. The Balaban J connectivity index is 3.10. The summed E-state index contributed by atoms with van der Waals surface area (Å²) >= 11 is 9.07. The van der Waals surface area contributed by atoms with Crippen LogP contribution < -0.4 is 4.90 Å². The van der Waals surface area contributed by atoms with Gasteiger partial charge in [0.25, 0.3) is 0 Å². The van der Waals surface area contributed by atoms with E-state index < -0.39 is 5.54 Å². The van der Waals surface area contributed by atoms with Crippen LogP contribution in [-0.4, -0.2) is 34.3 Å². The Hall–Kier alpha value is -0.390. The molecule has 0 amide bonds. The summed E-state index contributed by atoms with van der Waals surface area (Å²) in [7, 11) is 1.85. The normalized spacial score (nSPS) is 11.6. The number of aliphatic hydroxyl groups excluding tert-OH is 1. The van der Waals surface area contributed by atoms with Gasteiger partial charge in [-0.25, -0.2) is 4.98 Å². The van der Waals surface area contributed by atoms with Gasteiger partial charge in [0, 0.05) is 13.2 Å². The quantitative estimate of drug-likeness (QED) is 0.867. The molecule has 0 radical (unpaired) electrons. The van der Waals surface area contributed by atoms with E-state index in [1.807, 2.05) is 25.8 Å². The van der Waals surface area contributed by atoms with E-state index in [0.29, 0.717) is 5.82 Å². The molecule has 0 aliphatic rings. The van der Waals surface area contributed by atoms with Gasteiger partial charge in [0.1, 0.15) is 5.82 Å². The third kappa shape index (κ3) is 2.80. The molecular formula is C9H13BrClN3O. The molecule has 0 atom stereocenters. The van der Waals surface area contributed by atoms with E-state index in [0.717, 1.165) is 4.47 Å². The van der Waals surface area contributed by atoms with Crippen molar-refractivity contribution in [3.05, 3.63) is 16.0 Å². The molecule has 84 valence electrons. The van der Waals surface area contributed by atoms with Gasteiger partial charge >= 0.3 is 0 Å². The Morgan fingerprint density at radius 3 is 2.73 bits per heavy atom. The van der Waals surface area contributed by atoms with Crippen molar-refractivity contribution >= 4 is 33.3 Å². The van der Waals surface area contributed by atoms with Crippen LogP contribution in [0.5, 0.6) is 0 Å². The molecule has 0 saturated heterocycles. The predicted molar refractivity (Wildman–Crippen MR) is 64.3 cm³/mol. The lowest BCUT2D eigenvalue weighted by molar-refractivity contribution is 0.215. The van der Waals surface area contributed by atoms with E-state index in [1.54, 1.807) is 6.20 Å². The summed E-state index contributed by atoms with van der Waals surface area (Å²) < 4.78 is 0.746. The third-order valence-corrected chi connectivity index (χ3v) is 3.05. The minimum atomic E-state index is -0.403. The first-order valence-electron chi connectivity index (χ1n) is 4.41. The second kappa shape index (κ2) is 4.63. The van der Waals surface area contributed by atoms with E-state index in [9.17, 15) is 5.11 Å². The van der Waals surface area contributed by atoms with Crippen LogP contribution in [0.15, 0.2) is 10.7 Å². The van der Waals surface area contributed by atoms with Gasteiger partial charge in [0.15, 0.2) is 0 Å². The van der Waals surface area contributed by atoms with Crippen LogP contribution in [0.25, 0.3) is 0 Å². The SMILES string of the molecule is CN(c1nc(Cl)ncc1Br)C(C)(C)CO. The summed E-state index contributed by atoms with van der Waals surface area (Å²) in [6.45, 7) is 3.85. The summed E-state index contributed by atoms with van der Waals surface area (Å²) in [4.78, 5) is 9.81. The Bertz CT molecular complexity index is 359. The second-order valence-electron chi connectivity index (χ2n) is 3.84. The molecule has 0 fully saturated rings. The van der Waals surface area contributed by atoms with Gasteiger partial charge < -0.3 is 10.0 Å². The lowest BCUT2D eigenvalue weighted by Crippen LogP contribution is -2.45. The van der Waals surface area contributed by atoms with Crippen LogP contribution in [0.1, 0.15) is 13.8 Å². The fraction of sp³-hybridized carbons (Fsp3) is 0.556. The average molecular weight is 295 g/mol. The first-order valence-corrected chi connectivity index (χ1v) is 5.58. The van der Waals surface area contributed by atoms with Crippen LogP contribution in [-0.2, 0) is 0 Å². The van der Waals surface area contributed by atoms with Gasteiger partial charge in [-0.3, -0.25) is 0 Å². The van der Waals surface area contributed by atoms with Gasteiger partial charge in [-0.1, -0.05) is 0 Å². The molecule has 1 N–H and O–H groups in total. The smallest absolute Gasteiger partial charge is 0.224 e. The highest BCUT2D eigenvalue weighted by atomic mass is 79.9. The minimum absolute atomic E-state index is 0.0254. The molecule has 15 heavy (non-hydrogen) atoms. The monoisotopic (exact) mass is 293 g/mol. The second-order valence-corrected chi connectivity index (χ2v) is 5.03. The van der Waals surface area contributed by atoms with Crippen molar-refractivity contribution in [1.82, 2.24) is 9.97 Å². The number of aromatic nitrogens is 2. The number of nitrogens with zero attached hydrogens (tertiary/aromatic N) is 3. The summed E-state index contributed by atoms with van der Waals surface area (Å²) in [5, 5.41) is 9.44. The van der Waals surface area contributed by atoms with Crippen molar-refractivity contribution < 1.29 is 5.11 Å². The van der Waals surface area contributed by atoms with Crippen LogP contribution in [0.4, 0.5) is 5.82 Å². The maximum atomic E-state index is 9.25. The van der Waals surface area contributed by atoms with Crippen molar-refractivity contribution in [2.45, 2.75) is 19.4 Å². The van der Waals surface area contributed by atoms with Crippen LogP contribution >= 0.6 is 27.5 Å². The highest BCUT2D eigenvalue weighted by Gasteiger charge is 2.25. The van der Waals surface area contributed by atoms with Gasteiger partial charge in [-0.05, 0) is 41.4 Å². The number of likely N-dealkylation sites (N-methyl/N-ethyl adjacent to an activating group) is 1. The standard InChI is InChI=1S/C9H13BrClN3O/c1-9(2,5-15)14(3)7-6(10)4-12-8(11)13-7/h4,15H,5H2,1-3H3. The summed E-state index contributed by atoms with van der Waals surface area (Å²) in [6, 6.07) is 0. The summed E-state index contributed by atoms with van der Waals surface area (Å²) in [6.07, 6.45) is 1.59. The van der Waals surface area contributed by atoms with E-state index in [4.69, 9.17) is 11.6 Å². The van der Waals surface area contributed by atoms with Gasteiger partial charge in [0.05, 0.1) is 16.6 Å². The topological polar surface area (TPSA) is 49.2 Å². The zero-order valence-corrected chi connectivity index (χ0v) is 11.2. The number of hydrogen-bond donors (Lipinski definition) is 1. The van der Waals surface area contributed by atoms with Crippen molar-refractivity contribution in [3.8, 4) is 0 Å². The zero-order chi connectivity index (χ0) is 11.6. The van der Waals surface area contributed by atoms with E-state index in [-0.39, 0.29) is 11.9 Å². The summed E-state index contributed by atoms with van der Waals surface area (Å²) in [5.41, 5.74) is -0.403. The summed E-state index contributed by atoms with van der Waals surface area (Å²) in [5.74, 6) is 0.661. The fourth-order valence-electron chi connectivity index (χ4n) is 0.965. The van der Waals surface area contributed by atoms with Crippen LogP contribution in [0, 0.1) is 0 Å². The largest absolute Gasteiger partial charge is 0.394 e. The molecule has 1 aromatic heterocycles. The highest BCUT2D eigenvalue weighted by molar-refractivity contribution is 9.10. The Morgan fingerprint density at radius 1 is 1.60 bits per heavy atom. The maximum absolute atomic E-state index is 9.25. The zero-order valence-electron chi connectivity index (χ0n) is 8.83. The molecule has 1 heterocycles. The van der Waals surface area contributed by atoms with E-state index >= 15 is 0 Å². The number of hydrogen-bond acceptors (Lipinski definition) is 4. The molecule has 0 spiro atoms. The van der Waals surface area contributed by atoms with Crippen LogP contribution in [0.3, 0.4) is 0 Å². The van der Waals surface area contributed by atoms with Crippen molar-refractivity contribution in [3.63, 3.8) is 0 Å². The molecule has 0 aliphatic carbocycles. The highest BCUT2D eigenvalue weighted by Crippen LogP contribution is 2.28. The fourth-order valence-corrected chi connectivity index (χ4v) is 1.55. The minimum Gasteiger partial charge on any atom is -0.394 e. The lowest BCUT2D eigenvalue weighted by atomic mass is 10.1. The molecule has 6 heteroatoms. The number of halogens is 2. The molecule has 0 bridgehead atoms. The predicted octanol–water partition coefficient (Wildman–Crippen LogP) is 2.10. The molecule has 0 unspecified atom stereocenters. The first-order chi connectivity index (χ1) is 6.88. The molecule has 0 saturated carbocycles. The third-order valence-electron chi connectivity index (χ3n) is 2.31. The molecule has 1 aromatic rings. The van der Waals surface area contributed by atoms with E-state index in [2.05, 4.69) is 25.9 Å². The van der Waals surface area contributed by atoms with E-state index in [1.165, 1.54) is 0 Å². The Kier molecular flexibility index (Phi) is 3.92. The number of anilines is 1. The first kappa shape index (κ1) is 12.7. The molecule has 4 nitrogen and oxygen atoms in total. The number of aliphatic hydroxyl groups is 1. The molecule has 0 aromatic carbocycles. The van der Waals surface area contributed by atoms with Crippen molar-refractivity contribution in [2.24, 2.45) is 0 Å². The average Bonchev–Trinajstić information content (AvgIpc) is 2.20. The lowest BCUT2D eigenvalue weighted by Gasteiger charge is -2.35. The number of rotatable bonds is 3. The molecule has 0 aliphatic heterocycles. The van der Waals surface area contributed by atoms with Crippen molar-refractivity contribution in [1.29, 1.82) is 0 Å². The van der Waals surface area contributed by atoms with Gasteiger partial charge in [-0.2, -0.15) is 4.98 Å². The molecule has 1 rings (SSSR count). The molecular weight excluding hydrogens is 281 g/mol.